The van der Waals surface area contributed by atoms with E-state index < -0.39 is 5.82 Å². The Bertz CT molecular complexity index is 557. The Labute approximate surface area is 110 Å². The van der Waals surface area contributed by atoms with E-state index in [1.807, 2.05) is 6.92 Å². The second-order valence-corrected chi connectivity index (χ2v) is 4.32. The first kappa shape index (κ1) is 13.4. The third-order valence-electron chi connectivity index (χ3n) is 2.88. The fraction of sp³-hybridized carbons (Fsp3) is 0.417. The number of anilines is 1. The molecule has 6 nitrogen and oxygen atoms in total. The number of ether oxygens (including phenoxy) is 1. The van der Waals surface area contributed by atoms with Crippen molar-refractivity contribution in [3.05, 3.63) is 24.0 Å². The quantitative estimate of drug-likeness (QED) is 0.832. The van der Waals surface area contributed by atoms with Crippen LogP contribution in [-0.4, -0.2) is 33.9 Å². The summed E-state index contributed by atoms with van der Waals surface area (Å²) in [6, 6.07) is 4.34. The predicted octanol–water partition coefficient (Wildman–Crippen LogP) is 1.66. The lowest BCUT2D eigenvalue weighted by molar-refractivity contribution is 0.178. The molecule has 0 radical (unpaired) electrons. The van der Waals surface area contributed by atoms with Crippen molar-refractivity contribution in [2.45, 2.75) is 19.4 Å². The van der Waals surface area contributed by atoms with E-state index in [0.717, 1.165) is 6.42 Å². The Morgan fingerprint density at radius 3 is 3.00 bits per heavy atom. The average molecular weight is 265 g/mol. The van der Waals surface area contributed by atoms with E-state index in [4.69, 9.17) is 10.5 Å². The molecule has 2 N–H and O–H groups in total. The molecule has 1 heterocycles. The van der Waals surface area contributed by atoms with Gasteiger partial charge in [-0.25, -0.2) is 9.07 Å². The number of aromatic nitrogens is 4. The highest BCUT2D eigenvalue weighted by Gasteiger charge is 2.17. The largest absolute Gasteiger partial charge is 0.399 e. The minimum absolute atomic E-state index is 0.00535. The second-order valence-electron chi connectivity index (χ2n) is 4.32. The number of hydrogen-bond acceptors (Lipinski definition) is 5. The number of tetrazole rings is 1. The van der Waals surface area contributed by atoms with Crippen LogP contribution >= 0.6 is 0 Å². The average Bonchev–Trinajstić information content (AvgIpc) is 2.88. The SMILES string of the molecule is COCCC(C)n1nnnc1-c1cc(N)ccc1F. The molecular formula is C12H16FN5O. The molecule has 19 heavy (non-hydrogen) atoms. The molecule has 7 heteroatoms. The van der Waals surface area contributed by atoms with Crippen LogP contribution in [0.2, 0.25) is 0 Å². The third-order valence-corrected chi connectivity index (χ3v) is 2.88. The summed E-state index contributed by atoms with van der Waals surface area (Å²) < 4.78 is 20.4. The van der Waals surface area contributed by atoms with Crippen LogP contribution in [-0.2, 0) is 4.74 Å². The van der Waals surface area contributed by atoms with Crippen LogP contribution in [0.3, 0.4) is 0 Å². The van der Waals surface area contributed by atoms with Crippen molar-refractivity contribution in [1.82, 2.24) is 20.2 Å². The second kappa shape index (κ2) is 5.75. The van der Waals surface area contributed by atoms with Crippen molar-refractivity contribution < 1.29 is 9.13 Å². The summed E-state index contributed by atoms with van der Waals surface area (Å²) in [7, 11) is 1.63. The Balaban J connectivity index is 2.35. The van der Waals surface area contributed by atoms with Crippen LogP contribution in [0.1, 0.15) is 19.4 Å². The fourth-order valence-electron chi connectivity index (χ4n) is 1.79. The van der Waals surface area contributed by atoms with E-state index in [2.05, 4.69) is 15.5 Å². The molecule has 2 rings (SSSR count). The molecule has 0 amide bonds. The van der Waals surface area contributed by atoms with Gasteiger partial charge in [0.25, 0.3) is 0 Å². The number of hydrogen-bond donors (Lipinski definition) is 1. The van der Waals surface area contributed by atoms with Gasteiger partial charge in [0.1, 0.15) is 5.82 Å². The molecule has 0 spiro atoms. The van der Waals surface area contributed by atoms with Gasteiger partial charge in [-0.3, -0.25) is 0 Å². The lowest BCUT2D eigenvalue weighted by Crippen LogP contribution is -2.11. The molecule has 0 saturated carbocycles. The lowest BCUT2D eigenvalue weighted by atomic mass is 10.1. The molecule has 0 fully saturated rings. The number of nitrogens with two attached hydrogens (primary N) is 1. The maximum absolute atomic E-state index is 13.8. The maximum atomic E-state index is 13.8. The highest BCUT2D eigenvalue weighted by Crippen LogP contribution is 2.25. The van der Waals surface area contributed by atoms with Crippen LogP contribution < -0.4 is 5.73 Å². The van der Waals surface area contributed by atoms with Gasteiger partial charge in [0.05, 0.1) is 11.6 Å². The first-order valence-electron chi connectivity index (χ1n) is 5.95. The molecule has 0 aliphatic rings. The Morgan fingerprint density at radius 1 is 1.47 bits per heavy atom. The molecular weight excluding hydrogens is 249 g/mol. The molecule has 1 atom stereocenters. The monoisotopic (exact) mass is 265 g/mol. The van der Waals surface area contributed by atoms with Gasteiger partial charge in [0.2, 0.25) is 0 Å². The zero-order chi connectivity index (χ0) is 13.8. The number of halogens is 1. The van der Waals surface area contributed by atoms with Gasteiger partial charge in [0, 0.05) is 19.4 Å². The molecule has 0 aliphatic carbocycles. The number of methoxy groups -OCH3 is 1. The Hall–Kier alpha value is -2.02. The molecule has 1 unspecified atom stereocenters. The van der Waals surface area contributed by atoms with E-state index in [1.165, 1.54) is 18.2 Å². The minimum atomic E-state index is -0.399. The van der Waals surface area contributed by atoms with Gasteiger partial charge in [0.15, 0.2) is 5.82 Å². The molecule has 2 aromatic rings. The van der Waals surface area contributed by atoms with Crippen molar-refractivity contribution in [2.75, 3.05) is 19.5 Å². The molecule has 0 saturated heterocycles. The molecule has 0 aliphatic heterocycles. The zero-order valence-electron chi connectivity index (χ0n) is 10.9. The van der Waals surface area contributed by atoms with Crippen LogP contribution in [0.25, 0.3) is 11.4 Å². The summed E-state index contributed by atoms with van der Waals surface area (Å²) >= 11 is 0. The van der Waals surface area contributed by atoms with Crippen LogP contribution in [0, 0.1) is 5.82 Å². The van der Waals surface area contributed by atoms with Gasteiger partial charge in [-0.1, -0.05) is 0 Å². The number of benzene rings is 1. The minimum Gasteiger partial charge on any atom is -0.399 e. The maximum Gasteiger partial charge on any atom is 0.185 e. The molecule has 0 bridgehead atoms. The molecule has 1 aromatic heterocycles. The summed E-state index contributed by atoms with van der Waals surface area (Å²) in [5, 5.41) is 11.4. The van der Waals surface area contributed by atoms with E-state index in [9.17, 15) is 4.39 Å². The van der Waals surface area contributed by atoms with Crippen molar-refractivity contribution in [1.29, 1.82) is 0 Å². The van der Waals surface area contributed by atoms with Gasteiger partial charge < -0.3 is 10.5 Å². The summed E-state index contributed by atoms with van der Waals surface area (Å²) in [4.78, 5) is 0. The van der Waals surface area contributed by atoms with Crippen molar-refractivity contribution in [3.63, 3.8) is 0 Å². The van der Waals surface area contributed by atoms with Crippen molar-refractivity contribution in [2.24, 2.45) is 0 Å². The smallest absolute Gasteiger partial charge is 0.185 e. The van der Waals surface area contributed by atoms with Crippen LogP contribution in [0.5, 0.6) is 0 Å². The van der Waals surface area contributed by atoms with E-state index in [-0.39, 0.29) is 6.04 Å². The first-order chi connectivity index (χ1) is 9.13. The highest BCUT2D eigenvalue weighted by molar-refractivity contribution is 5.61. The number of nitrogen functional groups attached to an aromatic ring is 1. The Morgan fingerprint density at radius 2 is 2.26 bits per heavy atom. The Kier molecular flexibility index (Phi) is 4.06. The summed E-state index contributed by atoms with van der Waals surface area (Å²) in [6.07, 6.45) is 0.735. The standard InChI is InChI=1S/C12H16FN5O/c1-8(5-6-19-2)18-12(15-16-17-18)10-7-9(14)3-4-11(10)13/h3-4,7-8H,5-6,14H2,1-2H3. The first-order valence-corrected chi connectivity index (χ1v) is 5.95. The van der Waals surface area contributed by atoms with Gasteiger partial charge in [-0.15, -0.1) is 5.10 Å². The topological polar surface area (TPSA) is 78.8 Å². The molecule has 1 aromatic carbocycles. The lowest BCUT2D eigenvalue weighted by Gasteiger charge is -2.13. The zero-order valence-corrected chi connectivity index (χ0v) is 10.9. The third kappa shape index (κ3) is 2.87. The van der Waals surface area contributed by atoms with Crippen LogP contribution in [0.4, 0.5) is 10.1 Å². The fourth-order valence-corrected chi connectivity index (χ4v) is 1.79. The van der Waals surface area contributed by atoms with E-state index in [0.29, 0.717) is 23.7 Å². The highest BCUT2D eigenvalue weighted by atomic mass is 19.1. The van der Waals surface area contributed by atoms with Gasteiger partial charge >= 0.3 is 0 Å². The van der Waals surface area contributed by atoms with Gasteiger partial charge in [-0.05, 0) is 42.0 Å². The summed E-state index contributed by atoms with van der Waals surface area (Å²) in [5.41, 5.74) is 6.44. The van der Waals surface area contributed by atoms with Crippen LogP contribution in [0.15, 0.2) is 18.2 Å². The predicted molar refractivity (Wildman–Crippen MR) is 68.8 cm³/mol. The van der Waals surface area contributed by atoms with E-state index >= 15 is 0 Å². The number of nitrogens with zero attached hydrogens (tertiary/aromatic N) is 4. The van der Waals surface area contributed by atoms with Crippen molar-refractivity contribution >= 4 is 5.69 Å². The normalized spacial score (nSPS) is 12.6. The summed E-state index contributed by atoms with van der Waals surface area (Å²) in [5.74, 6) is -0.0300. The number of rotatable bonds is 5. The summed E-state index contributed by atoms with van der Waals surface area (Å²) in [6.45, 7) is 2.53. The molecule has 102 valence electrons. The van der Waals surface area contributed by atoms with E-state index in [1.54, 1.807) is 11.8 Å². The van der Waals surface area contributed by atoms with Crippen molar-refractivity contribution in [3.8, 4) is 11.4 Å². The van der Waals surface area contributed by atoms with Gasteiger partial charge in [-0.2, -0.15) is 0 Å².